The van der Waals surface area contributed by atoms with Crippen LogP contribution in [0.1, 0.15) is 46.5 Å². The molecule has 0 heterocycles. The lowest BCUT2D eigenvalue weighted by Gasteiger charge is -2.39. The minimum absolute atomic E-state index is 0.306. The Labute approximate surface area is 94.7 Å². The smallest absolute Gasteiger partial charge is 0.0558 e. The Bertz CT molecular complexity index is 166. The van der Waals surface area contributed by atoms with E-state index in [1.54, 1.807) is 0 Å². The third-order valence-electron chi connectivity index (χ3n) is 3.98. The lowest BCUT2D eigenvalue weighted by Crippen LogP contribution is -2.42. The van der Waals surface area contributed by atoms with Crippen molar-refractivity contribution in [3.8, 4) is 0 Å². The van der Waals surface area contributed by atoms with Gasteiger partial charge < -0.3 is 5.11 Å². The van der Waals surface area contributed by atoms with E-state index < -0.39 is 0 Å². The summed E-state index contributed by atoms with van der Waals surface area (Å²) in [5.74, 6) is 1.74. The van der Waals surface area contributed by atoms with Gasteiger partial charge >= 0.3 is 0 Å². The molecular formula is C13H27NO. The Morgan fingerprint density at radius 3 is 2.40 bits per heavy atom. The minimum Gasteiger partial charge on any atom is -0.395 e. The van der Waals surface area contributed by atoms with Crippen LogP contribution in [0.5, 0.6) is 0 Å². The van der Waals surface area contributed by atoms with Crippen LogP contribution in [0, 0.1) is 11.8 Å². The van der Waals surface area contributed by atoms with E-state index >= 15 is 0 Å². The summed E-state index contributed by atoms with van der Waals surface area (Å²) in [5, 5.41) is 9.07. The van der Waals surface area contributed by atoms with Crippen LogP contribution in [-0.2, 0) is 0 Å². The highest BCUT2D eigenvalue weighted by molar-refractivity contribution is 4.81. The first-order chi connectivity index (χ1) is 7.19. The van der Waals surface area contributed by atoms with Crippen LogP contribution in [0.15, 0.2) is 0 Å². The summed E-state index contributed by atoms with van der Waals surface area (Å²) >= 11 is 0. The van der Waals surface area contributed by atoms with Gasteiger partial charge in [-0.2, -0.15) is 0 Å². The molecule has 1 rings (SSSR count). The Morgan fingerprint density at radius 2 is 1.87 bits per heavy atom. The van der Waals surface area contributed by atoms with Gasteiger partial charge in [-0.3, -0.25) is 4.90 Å². The van der Waals surface area contributed by atoms with E-state index in [4.69, 9.17) is 5.11 Å². The number of hydrogen-bond donors (Lipinski definition) is 1. The van der Waals surface area contributed by atoms with Crippen molar-refractivity contribution in [3.63, 3.8) is 0 Å². The molecule has 15 heavy (non-hydrogen) atoms. The highest BCUT2D eigenvalue weighted by Gasteiger charge is 2.27. The molecule has 90 valence electrons. The maximum absolute atomic E-state index is 9.07. The van der Waals surface area contributed by atoms with Crippen LogP contribution >= 0.6 is 0 Å². The maximum Gasteiger partial charge on any atom is 0.0558 e. The average molecular weight is 213 g/mol. The molecule has 2 nitrogen and oxygen atoms in total. The predicted molar refractivity (Wildman–Crippen MR) is 64.9 cm³/mol. The number of rotatable bonds is 5. The standard InChI is InChI=1S/C13H27NO/c1-4-7-14(8-9-15)13-6-5-11(2)12(3)10-13/h11-13,15H,4-10H2,1-3H3. The Balaban J connectivity index is 2.45. The van der Waals surface area contributed by atoms with E-state index in [2.05, 4.69) is 25.7 Å². The molecule has 1 aliphatic carbocycles. The van der Waals surface area contributed by atoms with Gasteiger partial charge in [0, 0.05) is 12.6 Å². The number of aliphatic hydroxyl groups excluding tert-OH is 1. The lowest BCUT2D eigenvalue weighted by atomic mass is 9.78. The molecular weight excluding hydrogens is 186 g/mol. The second kappa shape index (κ2) is 6.49. The molecule has 0 aromatic heterocycles. The predicted octanol–water partition coefficient (Wildman–Crippen LogP) is 2.52. The molecule has 0 radical (unpaired) electrons. The van der Waals surface area contributed by atoms with Crippen LogP contribution in [0.2, 0.25) is 0 Å². The monoisotopic (exact) mass is 213 g/mol. The van der Waals surface area contributed by atoms with Crippen LogP contribution in [0.25, 0.3) is 0 Å². The topological polar surface area (TPSA) is 23.5 Å². The van der Waals surface area contributed by atoms with E-state index in [9.17, 15) is 0 Å². The molecule has 0 amide bonds. The SMILES string of the molecule is CCCN(CCO)C1CCC(C)C(C)C1. The number of hydrogen-bond acceptors (Lipinski definition) is 2. The Hall–Kier alpha value is -0.0800. The number of aliphatic hydroxyl groups is 1. The molecule has 1 saturated carbocycles. The molecule has 1 aliphatic rings. The first kappa shape index (κ1) is 13.0. The van der Waals surface area contributed by atoms with Gasteiger partial charge in [0.15, 0.2) is 0 Å². The molecule has 2 heteroatoms. The number of nitrogens with zero attached hydrogens (tertiary/aromatic N) is 1. The van der Waals surface area contributed by atoms with Gasteiger partial charge in [-0.15, -0.1) is 0 Å². The van der Waals surface area contributed by atoms with Crippen LogP contribution in [-0.4, -0.2) is 35.7 Å². The maximum atomic E-state index is 9.07. The minimum atomic E-state index is 0.306. The lowest BCUT2D eigenvalue weighted by molar-refractivity contribution is 0.0902. The van der Waals surface area contributed by atoms with Gasteiger partial charge in [-0.1, -0.05) is 20.8 Å². The quantitative estimate of drug-likeness (QED) is 0.758. The van der Waals surface area contributed by atoms with Crippen molar-refractivity contribution >= 4 is 0 Å². The Kier molecular flexibility index (Phi) is 5.62. The third kappa shape index (κ3) is 3.76. The zero-order valence-electron chi connectivity index (χ0n) is 10.6. The summed E-state index contributed by atoms with van der Waals surface area (Å²) in [6.45, 7) is 9.28. The summed E-state index contributed by atoms with van der Waals surface area (Å²) < 4.78 is 0. The summed E-state index contributed by atoms with van der Waals surface area (Å²) in [6, 6.07) is 0.725. The third-order valence-corrected chi connectivity index (χ3v) is 3.98. The average Bonchev–Trinajstić information content (AvgIpc) is 2.22. The van der Waals surface area contributed by atoms with E-state index in [-0.39, 0.29) is 0 Å². The highest BCUT2D eigenvalue weighted by atomic mass is 16.3. The van der Waals surface area contributed by atoms with Crippen molar-refractivity contribution in [1.29, 1.82) is 0 Å². The molecule has 3 atom stereocenters. The molecule has 0 aromatic carbocycles. The summed E-state index contributed by atoms with van der Waals surface area (Å²) in [6.07, 6.45) is 5.20. The van der Waals surface area contributed by atoms with Gasteiger partial charge in [-0.05, 0) is 44.1 Å². The summed E-state index contributed by atoms with van der Waals surface area (Å²) in [7, 11) is 0. The van der Waals surface area contributed by atoms with E-state index in [1.807, 2.05) is 0 Å². The van der Waals surface area contributed by atoms with Crippen molar-refractivity contribution in [2.45, 2.75) is 52.5 Å². The van der Waals surface area contributed by atoms with Gasteiger partial charge in [0.05, 0.1) is 6.61 Å². The summed E-state index contributed by atoms with van der Waals surface area (Å²) in [4.78, 5) is 2.49. The van der Waals surface area contributed by atoms with Crippen molar-refractivity contribution in [1.82, 2.24) is 4.90 Å². The van der Waals surface area contributed by atoms with Gasteiger partial charge in [0.2, 0.25) is 0 Å². The zero-order chi connectivity index (χ0) is 11.3. The van der Waals surface area contributed by atoms with Crippen molar-refractivity contribution < 1.29 is 5.11 Å². The molecule has 0 spiro atoms. The second-order valence-corrected chi connectivity index (χ2v) is 5.18. The largest absolute Gasteiger partial charge is 0.395 e. The molecule has 0 bridgehead atoms. The van der Waals surface area contributed by atoms with Crippen LogP contribution in [0.4, 0.5) is 0 Å². The normalized spacial score (nSPS) is 32.2. The van der Waals surface area contributed by atoms with Crippen molar-refractivity contribution in [3.05, 3.63) is 0 Å². The first-order valence-corrected chi connectivity index (χ1v) is 6.54. The fraction of sp³-hybridized carbons (Fsp3) is 1.00. The molecule has 3 unspecified atom stereocenters. The molecule has 0 aliphatic heterocycles. The Morgan fingerprint density at radius 1 is 1.13 bits per heavy atom. The first-order valence-electron chi connectivity index (χ1n) is 6.54. The van der Waals surface area contributed by atoms with Crippen LogP contribution < -0.4 is 0 Å². The summed E-state index contributed by atoms with van der Waals surface area (Å²) in [5.41, 5.74) is 0. The van der Waals surface area contributed by atoms with Crippen molar-refractivity contribution in [2.75, 3.05) is 19.7 Å². The highest BCUT2D eigenvalue weighted by Crippen LogP contribution is 2.31. The molecule has 1 fully saturated rings. The fourth-order valence-corrected chi connectivity index (χ4v) is 2.74. The van der Waals surface area contributed by atoms with E-state index in [0.29, 0.717) is 6.61 Å². The van der Waals surface area contributed by atoms with Gasteiger partial charge in [-0.25, -0.2) is 0 Å². The van der Waals surface area contributed by atoms with Gasteiger partial charge in [0.1, 0.15) is 0 Å². The zero-order valence-corrected chi connectivity index (χ0v) is 10.6. The van der Waals surface area contributed by atoms with Crippen molar-refractivity contribution in [2.24, 2.45) is 11.8 Å². The van der Waals surface area contributed by atoms with Crippen LogP contribution in [0.3, 0.4) is 0 Å². The fourth-order valence-electron chi connectivity index (χ4n) is 2.74. The molecule has 0 aromatic rings. The molecule has 1 N–H and O–H groups in total. The van der Waals surface area contributed by atoms with E-state index in [0.717, 1.165) is 31.0 Å². The molecule has 0 saturated heterocycles. The van der Waals surface area contributed by atoms with E-state index in [1.165, 1.54) is 25.7 Å². The van der Waals surface area contributed by atoms with Gasteiger partial charge in [0.25, 0.3) is 0 Å². The second-order valence-electron chi connectivity index (χ2n) is 5.18.